The lowest BCUT2D eigenvalue weighted by molar-refractivity contribution is 0.392. The lowest BCUT2D eigenvalue weighted by Crippen LogP contribution is -2.38. The highest BCUT2D eigenvalue weighted by Crippen LogP contribution is 2.51. The van der Waals surface area contributed by atoms with Gasteiger partial charge in [-0.25, -0.2) is 0 Å². The Morgan fingerprint density at radius 3 is 2.63 bits per heavy atom. The topological polar surface area (TPSA) is 62.5 Å². The van der Waals surface area contributed by atoms with Gasteiger partial charge in [0, 0.05) is 28.3 Å². The number of guanidine groups is 1. The number of hydrogen-bond acceptors (Lipinski definition) is 4. The first-order chi connectivity index (χ1) is 13.1. The van der Waals surface area contributed by atoms with Crippen LogP contribution in [0.15, 0.2) is 44.7 Å². The number of thioether (sulfide) groups is 1. The van der Waals surface area contributed by atoms with Crippen LogP contribution in [-0.2, 0) is 6.42 Å². The Morgan fingerprint density at radius 2 is 2.00 bits per heavy atom. The van der Waals surface area contributed by atoms with E-state index in [4.69, 9.17) is 9.52 Å². The van der Waals surface area contributed by atoms with Gasteiger partial charge in [0.25, 0.3) is 0 Å². The summed E-state index contributed by atoms with van der Waals surface area (Å²) in [6, 6.07) is 10.6. The lowest BCUT2D eigenvalue weighted by atomic mass is 10.1. The smallest absolute Gasteiger partial charge is 0.191 e. The Balaban J connectivity index is 1.48. The van der Waals surface area contributed by atoms with E-state index in [9.17, 15) is 0 Å². The molecule has 1 saturated carbocycles. The van der Waals surface area contributed by atoms with Gasteiger partial charge in [0.2, 0.25) is 0 Å². The maximum absolute atomic E-state index is 5.23. The summed E-state index contributed by atoms with van der Waals surface area (Å²) in [5, 5.41) is 10.9. The molecule has 0 unspecified atom stereocenters. The maximum atomic E-state index is 5.23. The van der Waals surface area contributed by atoms with Gasteiger partial charge in [0.15, 0.2) is 5.96 Å². The minimum Gasteiger partial charge on any atom is -0.361 e. The molecular formula is C21H30N4OS. The van der Waals surface area contributed by atoms with Crippen molar-refractivity contribution in [2.24, 2.45) is 4.99 Å². The second kappa shape index (κ2) is 9.31. The molecule has 2 N–H and O–H groups in total. The van der Waals surface area contributed by atoms with Crippen molar-refractivity contribution in [3.05, 3.63) is 47.3 Å². The SMILES string of the molecule is CCNC(=NCC1(Sc2ccccc2)CC1)NCCCc1c(C)noc1C. The Kier molecular flexibility index (Phi) is 6.83. The molecule has 0 spiro atoms. The molecule has 5 nitrogen and oxygen atoms in total. The number of benzene rings is 1. The zero-order valence-corrected chi connectivity index (χ0v) is 17.4. The van der Waals surface area contributed by atoms with E-state index >= 15 is 0 Å². The van der Waals surface area contributed by atoms with Crippen LogP contribution >= 0.6 is 11.8 Å². The number of nitrogens with zero attached hydrogens (tertiary/aromatic N) is 2. The van der Waals surface area contributed by atoms with Crippen LogP contribution in [-0.4, -0.2) is 35.5 Å². The summed E-state index contributed by atoms with van der Waals surface area (Å²) in [5.74, 6) is 1.85. The fourth-order valence-corrected chi connectivity index (χ4v) is 4.29. The predicted octanol–water partition coefficient (Wildman–Crippen LogP) is 4.10. The molecule has 2 aromatic rings. The Bertz CT molecular complexity index is 733. The zero-order chi connectivity index (χ0) is 19.1. The molecule has 0 aliphatic heterocycles. The number of aliphatic imine (C=N–C) groups is 1. The minimum atomic E-state index is 0.278. The number of nitrogens with one attached hydrogen (secondary N) is 2. The quantitative estimate of drug-likeness (QED) is 0.386. The van der Waals surface area contributed by atoms with Gasteiger partial charge in [-0.3, -0.25) is 4.99 Å². The molecule has 1 fully saturated rings. The molecule has 1 aromatic carbocycles. The summed E-state index contributed by atoms with van der Waals surface area (Å²) in [7, 11) is 0. The fraction of sp³-hybridized carbons (Fsp3) is 0.524. The second-order valence-corrected chi connectivity index (χ2v) is 8.67. The van der Waals surface area contributed by atoms with Crippen molar-refractivity contribution in [3.63, 3.8) is 0 Å². The van der Waals surface area contributed by atoms with Crippen molar-refractivity contribution in [2.75, 3.05) is 19.6 Å². The molecule has 3 rings (SSSR count). The second-order valence-electron chi connectivity index (χ2n) is 7.13. The third kappa shape index (κ3) is 5.76. The first-order valence-electron chi connectivity index (χ1n) is 9.80. The summed E-state index contributed by atoms with van der Waals surface area (Å²) < 4.78 is 5.51. The molecular weight excluding hydrogens is 356 g/mol. The van der Waals surface area contributed by atoms with Gasteiger partial charge in [-0.05, 0) is 58.6 Å². The van der Waals surface area contributed by atoms with Crippen molar-refractivity contribution in [2.45, 2.75) is 56.1 Å². The number of hydrogen-bond donors (Lipinski definition) is 2. The van der Waals surface area contributed by atoms with Gasteiger partial charge in [-0.15, -0.1) is 11.8 Å². The van der Waals surface area contributed by atoms with Crippen LogP contribution in [0.2, 0.25) is 0 Å². The minimum absolute atomic E-state index is 0.278. The van der Waals surface area contributed by atoms with E-state index < -0.39 is 0 Å². The van der Waals surface area contributed by atoms with E-state index in [1.54, 1.807) is 0 Å². The van der Waals surface area contributed by atoms with Crippen molar-refractivity contribution in [1.29, 1.82) is 0 Å². The number of aromatic nitrogens is 1. The van der Waals surface area contributed by atoms with Crippen molar-refractivity contribution in [1.82, 2.24) is 15.8 Å². The summed E-state index contributed by atoms with van der Waals surface area (Å²) in [4.78, 5) is 6.19. The Morgan fingerprint density at radius 1 is 1.22 bits per heavy atom. The van der Waals surface area contributed by atoms with Gasteiger partial charge in [-0.2, -0.15) is 0 Å². The van der Waals surface area contributed by atoms with Crippen LogP contribution in [0.3, 0.4) is 0 Å². The van der Waals surface area contributed by atoms with E-state index in [2.05, 4.69) is 53.0 Å². The molecule has 0 bridgehead atoms. The van der Waals surface area contributed by atoms with E-state index in [0.29, 0.717) is 0 Å². The molecule has 1 heterocycles. The summed E-state index contributed by atoms with van der Waals surface area (Å²) in [5.41, 5.74) is 2.23. The van der Waals surface area contributed by atoms with Gasteiger partial charge < -0.3 is 15.2 Å². The number of aryl methyl sites for hydroxylation is 2. The molecule has 0 saturated heterocycles. The fourth-order valence-electron chi connectivity index (χ4n) is 3.07. The molecule has 1 aromatic heterocycles. The van der Waals surface area contributed by atoms with E-state index in [1.807, 2.05) is 25.6 Å². The summed E-state index contributed by atoms with van der Waals surface area (Å²) >= 11 is 1.97. The van der Waals surface area contributed by atoms with Gasteiger partial charge in [0.1, 0.15) is 5.76 Å². The average molecular weight is 387 g/mol. The van der Waals surface area contributed by atoms with E-state index in [-0.39, 0.29) is 4.75 Å². The molecule has 6 heteroatoms. The highest BCUT2D eigenvalue weighted by molar-refractivity contribution is 8.01. The first-order valence-corrected chi connectivity index (χ1v) is 10.6. The van der Waals surface area contributed by atoms with Crippen LogP contribution in [0.4, 0.5) is 0 Å². The maximum Gasteiger partial charge on any atom is 0.191 e. The summed E-state index contributed by atoms with van der Waals surface area (Å²) in [6.45, 7) is 8.69. The molecule has 0 atom stereocenters. The van der Waals surface area contributed by atoms with Crippen LogP contribution in [0, 0.1) is 13.8 Å². The normalized spacial score (nSPS) is 15.6. The third-order valence-corrected chi connectivity index (χ3v) is 6.31. The van der Waals surface area contributed by atoms with Gasteiger partial charge in [0.05, 0.1) is 12.2 Å². The highest BCUT2D eigenvalue weighted by Gasteiger charge is 2.43. The molecule has 1 aliphatic rings. The molecule has 1 aliphatic carbocycles. The van der Waals surface area contributed by atoms with E-state index in [0.717, 1.165) is 49.9 Å². The Hall–Kier alpha value is -1.95. The Labute approximate surface area is 166 Å². The van der Waals surface area contributed by atoms with Crippen molar-refractivity contribution >= 4 is 17.7 Å². The van der Waals surface area contributed by atoms with Crippen LogP contribution in [0.1, 0.15) is 43.2 Å². The molecule has 27 heavy (non-hydrogen) atoms. The van der Waals surface area contributed by atoms with Gasteiger partial charge in [-0.1, -0.05) is 23.4 Å². The standard InChI is InChI=1S/C21H30N4OS/c1-4-22-20(23-14-8-11-19-16(2)25-26-17(19)3)24-15-21(12-13-21)27-18-9-6-5-7-10-18/h5-7,9-10H,4,8,11-15H2,1-3H3,(H2,22,23,24). The monoisotopic (exact) mass is 386 g/mol. The average Bonchev–Trinajstić information content (AvgIpc) is 3.36. The zero-order valence-electron chi connectivity index (χ0n) is 16.5. The summed E-state index contributed by atoms with van der Waals surface area (Å²) in [6.07, 6.45) is 4.47. The van der Waals surface area contributed by atoms with Crippen molar-refractivity contribution in [3.8, 4) is 0 Å². The lowest BCUT2D eigenvalue weighted by Gasteiger charge is -2.15. The molecule has 0 radical (unpaired) electrons. The predicted molar refractivity (Wildman–Crippen MR) is 113 cm³/mol. The van der Waals surface area contributed by atoms with E-state index in [1.165, 1.54) is 23.3 Å². The van der Waals surface area contributed by atoms with Gasteiger partial charge >= 0.3 is 0 Å². The van der Waals surface area contributed by atoms with Crippen LogP contribution in [0.25, 0.3) is 0 Å². The largest absolute Gasteiger partial charge is 0.361 e. The van der Waals surface area contributed by atoms with Crippen LogP contribution in [0.5, 0.6) is 0 Å². The van der Waals surface area contributed by atoms with Crippen LogP contribution < -0.4 is 10.6 Å². The molecule has 0 amide bonds. The third-order valence-electron chi connectivity index (χ3n) is 4.83. The highest BCUT2D eigenvalue weighted by atomic mass is 32.2. The number of rotatable bonds is 9. The molecule has 146 valence electrons. The first kappa shape index (κ1) is 19.8. The van der Waals surface area contributed by atoms with Crippen molar-refractivity contribution < 1.29 is 4.52 Å².